The van der Waals surface area contributed by atoms with Crippen LogP contribution in [0.25, 0.3) is 0 Å². The van der Waals surface area contributed by atoms with E-state index in [0.717, 1.165) is 16.7 Å². The van der Waals surface area contributed by atoms with Gasteiger partial charge in [-0.25, -0.2) is 4.57 Å². The Morgan fingerprint density at radius 2 is 1.06 bits per heavy atom. The van der Waals surface area contributed by atoms with Gasteiger partial charge in [0.15, 0.2) is 16.6 Å². The van der Waals surface area contributed by atoms with Crippen molar-refractivity contribution >= 4 is 24.5 Å². The fraction of sp³-hybridized carbons (Fsp3) is 0.667. The largest absolute Gasteiger partial charge is 0.472 e. The van der Waals surface area contributed by atoms with Crippen LogP contribution in [0.1, 0.15) is 63.8 Å². The molecule has 0 unspecified atom stereocenters. The lowest BCUT2D eigenvalue weighted by atomic mass is 10.2. The van der Waals surface area contributed by atoms with Crippen LogP contribution in [0.5, 0.6) is 0 Å². The molecule has 2 rings (SSSR count). The Labute approximate surface area is 217 Å². The maximum atomic E-state index is 10.7. The third kappa shape index (κ3) is 10.4. The molecule has 0 aromatic carbocycles. The van der Waals surface area contributed by atoms with Gasteiger partial charge in [-0.3, -0.25) is 4.52 Å². The second-order valence-electron chi connectivity index (χ2n) is 11.9. The first-order valence-electron chi connectivity index (χ1n) is 11.9. The van der Waals surface area contributed by atoms with Gasteiger partial charge in [0.05, 0.1) is 51.5 Å². The summed E-state index contributed by atoms with van der Waals surface area (Å²) in [6.45, 7) is 22.5. The van der Waals surface area contributed by atoms with E-state index in [-0.39, 0.29) is 23.3 Å². The van der Waals surface area contributed by atoms with Gasteiger partial charge < -0.3 is 32.6 Å². The fourth-order valence-electron chi connectivity index (χ4n) is 2.32. The number of hydrogen-bond acceptors (Lipinski definition) is 7. The number of aliphatic hydroxyl groups is 1. The molecule has 0 saturated carbocycles. The first-order valence-corrected chi connectivity index (χ1v) is 19.2. The van der Waals surface area contributed by atoms with Crippen molar-refractivity contribution in [1.82, 2.24) is 0 Å². The van der Waals surface area contributed by atoms with Crippen LogP contribution in [-0.2, 0) is 44.4 Å². The summed E-state index contributed by atoms with van der Waals surface area (Å²) in [7, 11) is -8.08. The van der Waals surface area contributed by atoms with Gasteiger partial charge in [-0.15, -0.1) is 0 Å². The number of rotatable bonds is 10. The van der Waals surface area contributed by atoms with Crippen molar-refractivity contribution in [2.75, 3.05) is 0 Å². The average molecular weight is 565 g/mol. The van der Waals surface area contributed by atoms with E-state index in [1.165, 1.54) is 12.5 Å². The SMILES string of the molecule is CC(C)(C)[Si](C)(C)OCc1cocc1CO.CC(C)(C)[Si](C)(C)OCc1cocc1COP(=O)(O)O. The molecule has 0 aliphatic rings. The van der Waals surface area contributed by atoms with Crippen LogP contribution < -0.4 is 0 Å². The smallest absolute Gasteiger partial charge is 0.469 e. The first kappa shape index (κ1) is 33.0. The molecule has 0 bridgehead atoms. The minimum Gasteiger partial charge on any atom is -0.472 e. The predicted molar refractivity (Wildman–Crippen MR) is 144 cm³/mol. The van der Waals surface area contributed by atoms with Crippen LogP contribution in [0.4, 0.5) is 0 Å². The summed E-state index contributed by atoms with van der Waals surface area (Å²) in [4.78, 5) is 17.4. The molecule has 0 saturated heterocycles. The fourth-order valence-corrected chi connectivity index (χ4v) is 4.53. The molecule has 3 N–H and O–H groups in total. The van der Waals surface area contributed by atoms with Gasteiger partial charge in [0.2, 0.25) is 0 Å². The van der Waals surface area contributed by atoms with Crippen LogP contribution >= 0.6 is 7.82 Å². The van der Waals surface area contributed by atoms with Gasteiger partial charge in [-0.2, -0.15) is 0 Å². The number of phosphoric acid groups is 1. The molecule has 2 aromatic heterocycles. The molecule has 0 aliphatic carbocycles. The summed E-state index contributed by atoms with van der Waals surface area (Å²) in [5.41, 5.74) is 3.11. The molecule has 12 heteroatoms. The lowest BCUT2D eigenvalue weighted by Crippen LogP contribution is -2.40. The number of phosphoric ester groups is 1. The third-order valence-electron chi connectivity index (χ3n) is 7.01. The zero-order valence-electron chi connectivity index (χ0n) is 23.4. The summed E-state index contributed by atoms with van der Waals surface area (Å²) >= 11 is 0. The van der Waals surface area contributed by atoms with Crippen molar-refractivity contribution in [2.24, 2.45) is 0 Å². The zero-order valence-corrected chi connectivity index (χ0v) is 26.3. The zero-order chi connectivity index (χ0) is 28.0. The Morgan fingerprint density at radius 1 is 0.722 bits per heavy atom. The van der Waals surface area contributed by atoms with E-state index >= 15 is 0 Å². The normalized spacial score (nSPS) is 13.5. The number of furan rings is 2. The molecule has 0 fully saturated rings. The molecule has 0 amide bonds. The van der Waals surface area contributed by atoms with Crippen molar-refractivity contribution in [3.63, 3.8) is 0 Å². The third-order valence-corrected chi connectivity index (χ3v) is 16.4. The van der Waals surface area contributed by atoms with E-state index in [2.05, 4.69) is 72.3 Å². The highest BCUT2D eigenvalue weighted by Crippen LogP contribution is 2.39. The van der Waals surface area contributed by atoms with Crippen molar-refractivity contribution in [1.29, 1.82) is 0 Å². The summed E-state index contributed by atoms with van der Waals surface area (Å²) in [5, 5.41) is 9.39. The number of hydrogen-bond donors (Lipinski definition) is 3. The van der Waals surface area contributed by atoms with Crippen LogP contribution in [-0.4, -0.2) is 31.5 Å². The van der Waals surface area contributed by atoms with E-state index in [0.29, 0.717) is 18.8 Å². The van der Waals surface area contributed by atoms with Crippen LogP contribution in [0.3, 0.4) is 0 Å². The van der Waals surface area contributed by atoms with Gasteiger partial charge in [-0.1, -0.05) is 41.5 Å². The molecule has 36 heavy (non-hydrogen) atoms. The standard InChI is InChI=1S/C12H23O6PSi.C12H22O3Si/c1-12(2,3)20(4,5)18-9-11-7-16-6-10(11)8-17-19(13,14)15;1-12(2,3)16(4,5)15-9-11-8-14-7-10(11)6-13/h6-7H,8-9H2,1-5H3,(H2,13,14,15);7-8,13H,6,9H2,1-5H3. The molecule has 2 aromatic rings. The predicted octanol–water partition coefficient (Wildman–Crippen LogP) is 6.70. The summed E-state index contributed by atoms with van der Waals surface area (Å²) in [5.74, 6) is 0. The summed E-state index contributed by atoms with van der Waals surface area (Å²) in [6, 6.07) is 0. The van der Waals surface area contributed by atoms with E-state index < -0.39 is 24.5 Å². The quantitative estimate of drug-likeness (QED) is 0.213. The maximum absolute atomic E-state index is 10.7. The molecule has 0 atom stereocenters. The van der Waals surface area contributed by atoms with Gasteiger partial charge in [0, 0.05) is 22.3 Å². The minimum atomic E-state index is -4.48. The number of aliphatic hydroxyl groups excluding tert-OH is 1. The average Bonchev–Trinajstić information content (AvgIpc) is 3.36. The Balaban J connectivity index is 0.000000369. The van der Waals surface area contributed by atoms with Crippen LogP contribution in [0.15, 0.2) is 33.9 Å². The van der Waals surface area contributed by atoms with Gasteiger partial charge >= 0.3 is 7.82 Å². The first-order chi connectivity index (χ1) is 16.2. The van der Waals surface area contributed by atoms with E-state index in [1.807, 2.05) is 0 Å². The highest BCUT2D eigenvalue weighted by molar-refractivity contribution is 7.46. The lowest BCUT2D eigenvalue weighted by molar-refractivity contribution is 0.187. The summed E-state index contributed by atoms with van der Waals surface area (Å²) < 4.78 is 37.4. The maximum Gasteiger partial charge on any atom is 0.469 e. The Hall–Kier alpha value is -1.02. The van der Waals surface area contributed by atoms with Crippen molar-refractivity contribution in [3.8, 4) is 0 Å². The molecule has 0 aliphatic heterocycles. The van der Waals surface area contributed by atoms with Gasteiger partial charge in [0.25, 0.3) is 0 Å². The Kier molecular flexibility index (Phi) is 11.6. The highest BCUT2D eigenvalue weighted by Gasteiger charge is 2.38. The summed E-state index contributed by atoms with van der Waals surface area (Å²) in [6.07, 6.45) is 6.16. The minimum absolute atomic E-state index is 0.00664. The molecule has 208 valence electrons. The molecule has 0 radical (unpaired) electrons. The Bertz CT molecular complexity index is 978. The van der Waals surface area contributed by atoms with E-state index in [4.69, 9.17) is 32.6 Å². The van der Waals surface area contributed by atoms with Gasteiger partial charge in [0.1, 0.15) is 0 Å². The molecule has 0 spiro atoms. The highest BCUT2D eigenvalue weighted by atomic mass is 31.2. The van der Waals surface area contributed by atoms with E-state index in [1.54, 1.807) is 12.5 Å². The van der Waals surface area contributed by atoms with Crippen LogP contribution in [0.2, 0.25) is 36.3 Å². The van der Waals surface area contributed by atoms with Crippen LogP contribution in [0, 0.1) is 0 Å². The van der Waals surface area contributed by atoms with Crippen molar-refractivity contribution in [2.45, 2.75) is 104 Å². The monoisotopic (exact) mass is 564 g/mol. The lowest BCUT2D eigenvalue weighted by Gasteiger charge is -2.36. The molecular formula is C24H45O9PSi2. The molecular weight excluding hydrogens is 519 g/mol. The molecule has 2 heterocycles. The molecule has 9 nitrogen and oxygen atoms in total. The Morgan fingerprint density at radius 3 is 1.39 bits per heavy atom. The van der Waals surface area contributed by atoms with E-state index in [9.17, 15) is 4.57 Å². The van der Waals surface area contributed by atoms with Crippen molar-refractivity contribution < 1.29 is 41.7 Å². The second kappa shape index (κ2) is 12.7. The van der Waals surface area contributed by atoms with Gasteiger partial charge in [-0.05, 0) is 36.3 Å². The van der Waals surface area contributed by atoms with Crippen molar-refractivity contribution in [3.05, 3.63) is 47.3 Å². The topological polar surface area (TPSA) is 132 Å². The second-order valence-corrected chi connectivity index (χ2v) is 22.7.